The van der Waals surface area contributed by atoms with Gasteiger partial charge in [-0.3, -0.25) is 9.69 Å². The third-order valence-corrected chi connectivity index (χ3v) is 4.96. The van der Waals surface area contributed by atoms with Crippen LogP contribution in [-0.2, 0) is 4.79 Å². The number of carbonyl (C=O) groups is 2. The van der Waals surface area contributed by atoms with E-state index in [2.05, 4.69) is 20.9 Å². The minimum absolute atomic E-state index is 0.0208. The SMILES string of the molecule is CCN(CC)CC(=O)Nc1ccc(NC(=O)NC2CCCCC2)cc1C. The molecule has 1 aliphatic carbocycles. The number of anilines is 2. The lowest BCUT2D eigenvalue weighted by atomic mass is 9.96. The molecular weight excluding hydrogens is 328 g/mol. The van der Waals surface area contributed by atoms with Gasteiger partial charge in [-0.1, -0.05) is 33.1 Å². The molecule has 1 fully saturated rings. The molecule has 26 heavy (non-hydrogen) atoms. The van der Waals surface area contributed by atoms with Crippen LogP contribution in [-0.4, -0.2) is 42.5 Å². The molecule has 0 unspecified atom stereocenters. The summed E-state index contributed by atoms with van der Waals surface area (Å²) in [5.41, 5.74) is 2.44. The van der Waals surface area contributed by atoms with Crippen molar-refractivity contribution in [3.8, 4) is 0 Å². The number of urea groups is 1. The van der Waals surface area contributed by atoms with Crippen LogP contribution < -0.4 is 16.0 Å². The third-order valence-electron chi connectivity index (χ3n) is 4.96. The van der Waals surface area contributed by atoms with Gasteiger partial charge >= 0.3 is 6.03 Å². The predicted octanol–water partition coefficient (Wildman–Crippen LogP) is 3.73. The number of carbonyl (C=O) groups excluding carboxylic acids is 2. The zero-order valence-corrected chi connectivity index (χ0v) is 16.2. The van der Waals surface area contributed by atoms with E-state index in [1.54, 1.807) is 0 Å². The molecule has 6 nitrogen and oxygen atoms in total. The third kappa shape index (κ3) is 6.33. The van der Waals surface area contributed by atoms with E-state index in [0.29, 0.717) is 6.54 Å². The fourth-order valence-electron chi connectivity index (χ4n) is 3.32. The van der Waals surface area contributed by atoms with Gasteiger partial charge in [0.2, 0.25) is 5.91 Å². The molecule has 1 aliphatic rings. The van der Waals surface area contributed by atoms with Gasteiger partial charge in [-0.15, -0.1) is 0 Å². The van der Waals surface area contributed by atoms with Crippen molar-refractivity contribution in [2.24, 2.45) is 0 Å². The Balaban J connectivity index is 1.87. The molecule has 0 bridgehead atoms. The van der Waals surface area contributed by atoms with Crippen LogP contribution in [0.5, 0.6) is 0 Å². The predicted molar refractivity (Wildman–Crippen MR) is 107 cm³/mol. The van der Waals surface area contributed by atoms with Gasteiger partial charge in [0.1, 0.15) is 0 Å². The van der Waals surface area contributed by atoms with Crippen LogP contribution in [0.1, 0.15) is 51.5 Å². The van der Waals surface area contributed by atoms with Crippen LogP contribution in [0.25, 0.3) is 0 Å². The zero-order valence-electron chi connectivity index (χ0n) is 16.2. The lowest BCUT2D eigenvalue weighted by molar-refractivity contribution is -0.117. The first-order valence-electron chi connectivity index (χ1n) is 9.72. The first-order chi connectivity index (χ1) is 12.5. The molecule has 3 N–H and O–H groups in total. The summed E-state index contributed by atoms with van der Waals surface area (Å²) in [5, 5.41) is 8.88. The molecule has 1 saturated carbocycles. The molecule has 0 heterocycles. The van der Waals surface area contributed by atoms with Crippen LogP contribution in [0.4, 0.5) is 16.2 Å². The molecule has 1 aromatic rings. The highest BCUT2D eigenvalue weighted by molar-refractivity contribution is 5.94. The van der Waals surface area contributed by atoms with E-state index < -0.39 is 0 Å². The van der Waals surface area contributed by atoms with Crippen LogP contribution in [0.2, 0.25) is 0 Å². The van der Waals surface area contributed by atoms with E-state index in [0.717, 1.165) is 42.9 Å². The molecule has 6 heteroatoms. The number of amides is 3. The number of nitrogens with zero attached hydrogens (tertiary/aromatic N) is 1. The van der Waals surface area contributed by atoms with Crippen molar-refractivity contribution in [3.05, 3.63) is 23.8 Å². The molecule has 3 amide bonds. The van der Waals surface area contributed by atoms with Crippen LogP contribution in [0.15, 0.2) is 18.2 Å². The summed E-state index contributed by atoms with van der Waals surface area (Å²) in [5.74, 6) is -0.0208. The van der Waals surface area contributed by atoms with E-state index >= 15 is 0 Å². The van der Waals surface area contributed by atoms with Crippen LogP contribution in [0.3, 0.4) is 0 Å². The quantitative estimate of drug-likeness (QED) is 0.694. The number of hydrogen-bond donors (Lipinski definition) is 3. The first kappa shape index (κ1) is 20.2. The van der Waals surface area contributed by atoms with E-state index in [1.165, 1.54) is 19.3 Å². The highest BCUT2D eigenvalue weighted by atomic mass is 16.2. The number of aryl methyl sites for hydroxylation is 1. The van der Waals surface area contributed by atoms with Gasteiger partial charge in [-0.25, -0.2) is 4.79 Å². The molecule has 144 valence electrons. The fraction of sp³-hybridized carbons (Fsp3) is 0.600. The highest BCUT2D eigenvalue weighted by Gasteiger charge is 2.16. The maximum Gasteiger partial charge on any atom is 0.319 e. The summed E-state index contributed by atoms with van der Waals surface area (Å²) in [6, 6.07) is 5.66. The molecular formula is C20H32N4O2. The largest absolute Gasteiger partial charge is 0.335 e. The topological polar surface area (TPSA) is 73.5 Å². The summed E-state index contributed by atoms with van der Waals surface area (Å²) in [6.07, 6.45) is 5.76. The van der Waals surface area contributed by atoms with Gasteiger partial charge in [0.05, 0.1) is 6.54 Å². The Bertz CT molecular complexity index is 608. The second kappa shape index (κ2) is 10.2. The van der Waals surface area contributed by atoms with Crippen LogP contribution >= 0.6 is 0 Å². The minimum atomic E-state index is -0.158. The standard InChI is InChI=1S/C20H32N4O2/c1-4-24(5-2)14-19(25)23-18-12-11-17(13-15(18)3)22-20(26)21-16-9-7-6-8-10-16/h11-13,16H,4-10,14H2,1-3H3,(H,23,25)(H2,21,22,26). The van der Waals surface area contributed by atoms with Gasteiger partial charge in [-0.2, -0.15) is 0 Å². The molecule has 1 aromatic carbocycles. The maximum atomic E-state index is 12.1. The summed E-state index contributed by atoms with van der Waals surface area (Å²) >= 11 is 0. The van der Waals surface area contributed by atoms with Crippen molar-refractivity contribution in [1.29, 1.82) is 0 Å². The summed E-state index contributed by atoms with van der Waals surface area (Å²) < 4.78 is 0. The highest BCUT2D eigenvalue weighted by Crippen LogP contribution is 2.21. The maximum absolute atomic E-state index is 12.1. The van der Waals surface area contributed by atoms with E-state index in [9.17, 15) is 9.59 Å². The lowest BCUT2D eigenvalue weighted by Crippen LogP contribution is -2.39. The molecule has 0 aliphatic heterocycles. The average molecular weight is 361 g/mol. The Kier molecular flexibility index (Phi) is 7.91. The van der Waals surface area contributed by atoms with Crippen molar-refractivity contribution in [2.45, 2.75) is 58.9 Å². The zero-order chi connectivity index (χ0) is 18.9. The van der Waals surface area contributed by atoms with E-state index in [1.807, 2.05) is 39.0 Å². The minimum Gasteiger partial charge on any atom is -0.335 e. The Morgan fingerprint density at radius 2 is 1.77 bits per heavy atom. The van der Waals surface area contributed by atoms with Gasteiger partial charge < -0.3 is 16.0 Å². The molecule has 0 radical (unpaired) electrons. The molecule has 0 atom stereocenters. The van der Waals surface area contributed by atoms with Crippen molar-refractivity contribution < 1.29 is 9.59 Å². The fourth-order valence-corrected chi connectivity index (χ4v) is 3.32. The average Bonchev–Trinajstić information content (AvgIpc) is 2.62. The summed E-state index contributed by atoms with van der Waals surface area (Å²) in [7, 11) is 0. The smallest absolute Gasteiger partial charge is 0.319 e. The van der Waals surface area contributed by atoms with Gasteiger partial charge in [0.15, 0.2) is 0 Å². The van der Waals surface area contributed by atoms with Gasteiger partial charge in [0.25, 0.3) is 0 Å². The van der Waals surface area contributed by atoms with Crippen molar-refractivity contribution in [3.63, 3.8) is 0 Å². The Hall–Kier alpha value is -2.08. The summed E-state index contributed by atoms with van der Waals surface area (Å²) in [6.45, 7) is 8.10. The molecule has 0 spiro atoms. The number of rotatable bonds is 7. The number of benzene rings is 1. The number of likely N-dealkylation sites (N-methyl/N-ethyl adjacent to an activating group) is 1. The van der Waals surface area contributed by atoms with E-state index in [4.69, 9.17) is 0 Å². The molecule has 2 rings (SSSR count). The number of nitrogens with one attached hydrogen (secondary N) is 3. The van der Waals surface area contributed by atoms with Crippen molar-refractivity contribution >= 4 is 23.3 Å². The molecule has 0 aromatic heterocycles. The van der Waals surface area contributed by atoms with Gasteiger partial charge in [0, 0.05) is 17.4 Å². The first-order valence-corrected chi connectivity index (χ1v) is 9.72. The van der Waals surface area contributed by atoms with Crippen molar-refractivity contribution in [1.82, 2.24) is 10.2 Å². The second-order valence-electron chi connectivity index (χ2n) is 6.97. The Morgan fingerprint density at radius 3 is 2.38 bits per heavy atom. The van der Waals surface area contributed by atoms with Crippen molar-refractivity contribution in [2.75, 3.05) is 30.3 Å². The Labute approximate surface area is 156 Å². The van der Waals surface area contributed by atoms with Crippen LogP contribution in [0, 0.1) is 6.92 Å². The lowest BCUT2D eigenvalue weighted by Gasteiger charge is -2.23. The normalized spacial score (nSPS) is 14.9. The monoisotopic (exact) mass is 360 g/mol. The van der Waals surface area contributed by atoms with E-state index in [-0.39, 0.29) is 18.0 Å². The molecule has 0 saturated heterocycles. The Morgan fingerprint density at radius 1 is 1.08 bits per heavy atom. The number of hydrogen-bond acceptors (Lipinski definition) is 3. The summed E-state index contributed by atoms with van der Waals surface area (Å²) in [4.78, 5) is 26.4. The second-order valence-corrected chi connectivity index (χ2v) is 6.97. The van der Waals surface area contributed by atoms with Gasteiger partial charge in [-0.05, 0) is 56.6 Å².